The Balaban J connectivity index is 1.80. The largest absolute Gasteiger partial charge is 0.491 e. The van der Waals surface area contributed by atoms with E-state index in [0.717, 1.165) is 11.4 Å². The highest BCUT2D eigenvalue weighted by molar-refractivity contribution is 5.53. The molecule has 0 aliphatic carbocycles. The zero-order valence-corrected chi connectivity index (χ0v) is 12.0. The molecule has 1 atom stereocenters. The van der Waals surface area contributed by atoms with E-state index < -0.39 is 6.10 Å². The van der Waals surface area contributed by atoms with Crippen LogP contribution in [0, 0.1) is 13.8 Å². The number of aliphatic hydroxyl groups excluding tert-OH is 1. The molecule has 0 saturated heterocycles. The maximum absolute atomic E-state index is 9.94. The molecule has 20 heavy (non-hydrogen) atoms. The van der Waals surface area contributed by atoms with Crippen LogP contribution in [0.15, 0.2) is 48.5 Å². The number of hydrogen-bond acceptors (Lipinski definition) is 3. The quantitative estimate of drug-likeness (QED) is 0.848. The average molecular weight is 271 g/mol. The first-order chi connectivity index (χ1) is 9.66. The van der Waals surface area contributed by atoms with Crippen LogP contribution in [-0.4, -0.2) is 24.4 Å². The van der Waals surface area contributed by atoms with Crippen LogP contribution < -0.4 is 10.1 Å². The molecule has 0 amide bonds. The van der Waals surface area contributed by atoms with Gasteiger partial charge in [0.15, 0.2) is 0 Å². The molecule has 1 unspecified atom stereocenters. The van der Waals surface area contributed by atoms with Crippen LogP contribution in [0.5, 0.6) is 5.75 Å². The number of anilines is 1. The molecule has 3 heteroatoms. The first-order valence-corrected chi connectivity index (χ1v) is 6.83. The van der Waals surface area contributed by atoms with Gasteiger partial charge in [0.05, 0.1) is 0 Å². The number of aryl methyl sites for hydroxylation is 1. The summed E-state index contributed by atoms with van der Waals surface area (Å²) in [5.41, 5.74) is 3.51. The molecular formula is C17H21NO2. The third-order valence-corrected chi connectivity index (χ3v) is 3.32. The number of ether oxygens (including phenoxy) is 1. The van der Waals surface area contributed by atoms with E-state index in [1.54, 1.807) is 0 Å². The number of aliphatic hydroxyl groups is 1. The number of nitrogens with one attached hydrogen (secondary N) is 1. The van der Waals surface area contributed by atoms with E-state index in [1.165, 1.54) is 11.1 Å². The summed E-state index contributed by atoms with van der Waals surface area (Å²) in [5.74, 6) is 0.776. The topological polar surface area (TPSA) is 41.5 Å². The first kappa shape index (κ1) is 14.4. The van der Waals surface area contributed by atoms with Gasteiger partial charge in [-0.1, -0.05) is 30.3 Å². The summed E-state index contributed by atoms with van der Waals surface area (Å²) >= 11 is 0. The third-order valence-electron chi connectivity index (χ3n) is 3.32. The van der Waals surface area contributed by atoms with Gasteiger partial charge in [0.2, 0.25) is 0 Å². The second-order valence-electron chi connectivity index (χ2n) is 4.91. The second-order valence-corrected chi connectivity index (χ2v) is 4.91. The van der Waals surface area contributed by atoms with Crippen LogP contribution >= 0.6 is 0 Å². The molecule has 0 spiro atoms. The summed E-state index contributed by atoms with van der Waals surface area (Å²) < 4.78 is 5.52. The molecule has 2 aromatic carbocycles. The molecule has 0 heterocycles. The molecule has 0 fully saturated rings. The fourth-order valence-corrected chi connectivity index (χ4v) is 1.94. The zero-order chi connectivity index (χ0) is 14.4. The number of para-hydroxylation sites is 1. The molecule has 0 bridgehead atoms. The van der Waals surface area contributed by atoms with Gasteiger partial charge in [-0.05, 0) is 43.2 Å². The minimum atomic E-state index is -0.546. The van der Waals surface area contributed by atoms with Gasteiger partial charge in [-0.15, -0.1) is 0 Å². The second kappa shape index (κ2) is 6.96. The van der Waals surface area contributed by atoms with Crippen LogP contribution in [0.1, 0.15) is 11.1 Å². The van der Waals surface area contributed by atoms with Crippen molar-refractivity contribution >= 4 is 5.69 Å². The van der Waals surface area contributed by atoms with Gasteiger partial charge in [0.25, 0.3) is 0 Å². The summed E-state index contributed by atoms with van der Waals surface area (Å²) in [7, 11) is 0. The SMILES string of the molecule is Cc1cccc(NCC(O)COc2ccccc2)c1C. The summed E-state index contributed by atoms with van der Waals surface area (Å²) in [6.45, 7) is 4.90. The average Bonchev–Trinajstić information content (AvgIpc) is 2.48. The Morgan fingerprint density at radius 3 is 2.55 bits per heavy atom. The standard InChI is InChI=1S/C17H21NO2/c1-13-7-6-10-17(14(13)2)18-11-15(19)12-20-16-8-4-3-5-9-16/h3-10,15,18-19H,11-12H2,1-2H3. The monoisotopic (exact) mass is 271 g/mol. The van der Waals surface area contributed by atoms with Crippen molar-refractivity contribution in [3.63, 3.8) is 0 Å². The van der Waals surface area contributed by atoms with E-state index in [2.05, 4.69) is 25.2 Å². The summed E-state index contributed by atoms with van der Waals surface area (Å²) in [4.78, 5) is 0. The minimum Gasteiger partial charge on any atom is -0.491 e. The van der Waals surface area contributed by atoms with E-state index in [-0.39, 0.29) is 6.61 Å². The van der Waals surface area contributed by atoms with E-state index in [9.17, 15) is 5.11 Å². The third kappa shape index (κ3) is 4.00. The maximum Gasteiger partial charge on any atom is 0.119 e. The van der Waals surface area contributed by atoms with Crippen molar-refractivity contribution in [3.8, 4) is 5.75 Å². The maximum atomic E-state index is 9.94. The molecule has 0 aliphatic heterocycles. The Labute approximate surface area is 120 Å². The smallest absolute Gasteiger partial charge is 0.119 e. The van der Waals surface area contributed by atoms with Crippen molar-refractivity contribution < 1.29 is 9.84 Å². The minimum absolute atomic E-state index is 0.280. The predicted octanol–water partition coefficient (Wildman–Crippen LogP) is 3.16. The molecule has 3 nitrogen and oxygen atoms in total. The molecule has 0 radical (unpaired) electrons. The van der Waals surface area contributed by atoms with Gasteiger partial charge < -0.3 is 15.2 Å². The van der Waals surface area contributed by atoms with Crippen molar-refractivity contribution in [1.82, 2.24) is 0 Å². The lowest BCUT2D eigenvalue weighted by molar-refractivity contribution is 0.117. The van der Waals surface area contributed by atoms with E-state index in [4.69, 9.17) is 4.74 Å². The Morgan fingerprint density at radius 1 is 1.05 bits per heavy atom. The molecule has 0 saturated carbocycles. The zero-order valence-electron chi connectivity index (χ0n) is 12.0. The molecular weight excluding hydrogens is 250 g/mol. The van der Waals surface area contributed by atoms with Crippen LogP contribution in [0.2, 0.25) is 0 Å². The highest BCUT2D eigenvalue weighted by Gasteiger charge is 2.06. The van der Waals surface area contributed by atoms with E-state index >= 15 is 0 Å². The molecule has 2 N–H and O–H groups in total. The van der Waals surface area contributed by atoms with Crippen molar-refractivity contribution in [2.75, 3.05) is 18.5 Å². The lowest BCUT2D eigenvalue weighted by Crippen LogP contribution is -2.26. The summed E-state index contributed by atoms with van der Waals surface area (Å²) in [6.07, 6.45) is -0.546. The molecule has 106 valence electrons. The van der Waals surface area contributed by atoms with Gasteiger partial charge in [-0.2, -0.15) is 0 Å². The van der Waals surface area contributed by atoms with Gasteiger partial charge in [-0.3, -0.25) is 0 Å². The van der Waals surface area contributed by atoms with Crippen molar-refractivity contribution in [2.24, 2.45) is 0 Å². The van der Waals surface area contributed by atoms with Crippen LogP contribution in [0.4, 0.5) is 5.69 Å². The lowest BCUT2D eigenvalue weighted by Gasteiger charge is -2.16. The molecule has 0 aromatic heterocycles. The predicted molar refractivity (Wildman–Crippen MR) is 82.3 cm³/mol. The van der Waals surface area contributed by atoms with Gasteiger partial charge in [0, 0.05) is 12.2 Å². The first-order valence-electron chi connectivity index (χ1n) is 6.83. The fraction of sp³-hybridized carbons (Fsp3) is 0.294. The van der Waals surface area contributed by atoms with Gasteiger partial charge in [-0.25, -0.2) is 0 Å². The van der Waals surface area contributed by atoms with Gasteiger partial charge >= 0.3 is 0 Å². The van der Waals surface area contributed by atoms with Crippen molar-refractivity contribution in [3.05, 3.63) is 59.7 Å². The summed E-state index contributed by atoms with van der Waals surface area (Å²) in [6, 6.07) is 15.6. The number of benzene rings is 2. The van der Waals surface area contributed by atoms with Gasteiger partial charge in [0.1, 0.15) is 18.5 Å². The molecule has 2 rings (SSSR count). The Bertz CT molecular complexity index is 540. The van der Waals surface area contributed by atoms with E-state index in [0.29, 0.717) is 6.54 Å². The number of hydrogen-bond donors (Lipinski definition) is 2. The molecule has 2 aromatic rings. The highest BCUT2D eigenvalue weighted by Crippen LogP contribution is 2.17. The highest BCUT2D eigenvalue weighted by atomic mass is 16.5. The molecule has 0 aliphatic rings. The fourth-order valence-electron chi connectivity index (χ4n) is 1.94. The van der Waals surface area contributed by atoms with Crippen molar-refractivity contribution in [1.29, 1.82) is 0 Å². The normalized spacial score (nSPS) is 11.9. The van der Waals surface area contributed by atoms with Crippen LogP contribution in [0.25, 0.3) is 0 Å². The Kier molecular flexibility index (Phi) is 5.02. The van der Waals surface area contributed by atoms with Crippen LogP contribution in [0.3, 0.4) is 0 Å². The summed E-state index contributed by atoms with van der Waals surface area (Å²) in [5, 5.41) is 13.2. The Morgan fingerprint density at radius 2 is 1.80 bits per heavy atom. The lowest BCUT2D eigenvalue weighted by atomic mass is 10.1. The Hall–Kier alpha value is -2.00. The van der Waals surface area contributed by atoms with Crippen LogP contribution in [-0.2, 0) is 0 Å². The van der Waals surface area contributed by atoms with E-state index in [1.807, 2.05) is 42.5 Å². The van der Waals surface area contributed by atoms with Crippen molar-refractivity contribution in [2.45, 2.75) is 20.0 Å². The number of rotatable bonds is 6.